The number of hydrogen-bond acceptors (Lipinski definition) is 4. The summed E-state index contributed by atoms with van der Waals surface area (Å²) < 4.78 is 24.6. The summed E-state index contributed by atoms with van der Waals surface area (Å²) in [6, 6.07) is 12.3. The Labute approximate surface area is 140 Å². The second kappa shape index (κ2) is 7.14. The summed E-state index contributed by atoms with van der Waals surface area (Å²) >= 11 is 0. The first-order valence-electron chi connectivity index (χ1n) is 7.00. The highest BCUT2D eigenvalue weighted by Crippen LogP contribution is 2.16. The molecule has 2 amide bonds. The molecule has 0 saturated carbocycles. The fourth-order valence-corrected chi connectivity index (χ4v) is 2.51. The lowest BCUT2D eigenvalue weighted by molar-refractivity contribution is 0.101. The topological polar surface area (TPSA) is 104 Å². The van der Waals surface area contributed by atoms with E-state index in [-0.39, 0.29) is 5.78 Å². The molecule has 0 heterocycles. The normalized spacial score (nSPS) is 10.8. The monoisotopic (exact) mass is 347 g/mol. The molecule has 0 saturated heterocycles. The third-order valence-corrected chi connectivity index (χ3v) is 3.58. The van der Waals surface area contributed by atoms with Gasteiger partial charge in [0.15, 0.2) is 5.78 Å². The molecule has 8 heteroatoms. The van der Waals surface area contributed by atoms with Gasteiger partial charge >= 0.3 is 6.03 Å². The van der Waals surface area contributed by atoms with Crippen molar-refractivity contribution in [1.82, 2.24) is 0 Å². The third kappa shape index (κ3) is 5.40. The molecule has 0 aliphatic rings. The Hall–Kier alpha value is -2.87. The lowest BCUT2D eigenvalue weighted by Gasteiger charge is -2.09. The Morgan fingerprint density at radius 1 is 0.875 bits per heavy atom. The van der Waals surface area contributed by atoms with E-state index < -0.39 is 16.1 Å². The maximum absolute atomic E-state index is 12.0. The molecule has 0 radical (unpaired) electrons. The van der Waals surface area contributed by atoms with Gasteiger partial charge < -0.3 is 10.6 Å². The highest BCUT2D eigenvalue weighted by atomic mass is 32.2. The largest absolute Gasteiger partial charge is 0.323 e. The van der Waals surface area contributed by atoms with Crippen LogP contribution in [0, 0.1) is 0 Å². The van der Waals surface area contributed by atoms with Crippen molar-refractivity contribution in [3.63, 3.8) is 0 Å². The molecule has 126 valence electrons. The smallest absolute Gasteiger partial charge is 0.308 e. The van der Waals surface area contributed by atoms with Crippen LogP contribution in [0.15, 0.2) is 48.5 Å². The molecule has 2 aromatic rings. The van der Waals surface area contributed by atoms with Gasteiger partial charge in [-0.25, -0.2) is 13.2 Å². The minimum atomic E-state index is -3.34. The van der Waals surface area contributed by atoms with Crippen LogP contribution in [0.3, 0.4) is 0 Å². The minimum Gasteiger partial charge on any atom is -0.308 e. The second-order valence-corrected chi connectivity index (χ2v) is 6.92. The molecule has 2 rings (SSSR count). The van der Waals surface area contributed by atoms with Crippen molar-refractivity contribution in [3.8, 4) is 0 Å². The third-order valence-electron chi connectivity index (χ3n) is 2.97. The van der Waals surface area contributed by atoms with Crippen molar-refractivity contribution >= 4 is 38.9 Å². The number of sulfonamides is 1. The van der Waals surface area contributed by atoms with Gasteiger partial charge in [-0.05, 0) is 43.3 Å². The average Bonchev–Trinajstić information content (AvgIpc) is 2.48. The maximum atomic E-state index is 12.0. The van der Waals surface area contributed by atoms with Gasteiger partial charge in [0, 0.05) is 22.6 Å². The summed E-state index contributed by atoms with van der Waals surface area (Å²) in [5.41, 5.74) is 1.89. The number of Topliss-reactive ketones (excluding diaryl/α,β-unsaturated/α-hetero) is 1. The van der Waals surface area contributed by atoms with Crippen molar-refractivity contribution in [2.45, 2.75) is 6.92 Å². The van der Waals surface area contributed by atoms with E-state index in [4.69, 9.17) is 0 Å². The number of rotatable bonds is 5. The molecule has 24 heavy (non-hydrogen) atoms. The van der Waals surface area contributed by atoms with Gasteiger partial charge in [-0.3, -0.25) is 9.52 Å². The van der Waals surface area contributed by atoms with Gasteiger partial charge in [0.1, 0.15) is 0 Å². The van der Waals surface area contributed by atoms with Crippen molar-refractivity contribution in [2.24, 2.45) is 0 Å². The molecule has 0 atom stereocenters. The van der Waals surface area contributed by atoms with Gasteiger partial charge in [0.05, 0.1) is 6.26 Å². The predicted molar refractivity (Wildman–Crippen MR) is 94.0 cm³/mol. The summed E-state index contributed by atoms with van der Waals surface area (Å²) in [6.45, 7) is 1.45. The van der Waals surface area contributed by atoms with Crippen LogP contribution in [0.25, 0.3) is 0 Å². The first-order valence-corrected chi connectivity index (χ1v) is 8.89. The maximum Gasteiger partial charge on any atom is 0.323 e. The highest BCUT2D eigenvalue weighted by molar-refractivity contribution is 7.92. The number of urea groups is 1. The molecule has 0 aliphatic carbocycles. The average molecular weight is 347 g/mol. The zero-order chi connectivity index (χ0) is 17.7. The van der Waals surface area contributed by atoms with Crippen LogP contribution in [0.4, 0.5) is 21.9 Å². The van der Waals surface area contributed by atoms with Gasteiger partial charge in [-0.2, -0.15) is 0 Å². The molecule has 0 fully saturated rings. The fraction of sp³-hybridized carbons (Fsp3) is 0.125. The van der Waals surface area contributed by atoms with E-state index in [0.717, 1.165) is 6.26 Å². The Kier molecular flexibility index (Phi) is 5.20. The number of amides is 2. The Balaban J connectivity index is 1.99. The van der Waals surface area contributed by atoms with Crippen LogP contribution >= 0.6 is 0 Å². The van der Waals surface area contributed by atoms with Crippen molar-refractivity contribution in [2.75, 3.05) is 21.6 Å². The van der Waals surface area contributed by atoms with Crippen LogP contribution in [0.5, 0.6) is 0 Å². The van der Waals surface area contributed by atoms with E-state index in [1.807, 2.05) is 0 Å². The van der Waals surface area contributed by atoms with Crippen molar-refractivity contribution in [3.05, 3.63) is 54.1 Å². The van der Waals surface area contributed by atoms with Crippen LogP contribution in [-0.2, 0) is 10.0 Å². The van der Waals surface area contributed by atoms with E-state index in [0.29, 0.717) is 22.6 Å². The SMILES string of the molecule is CC(=O)c1cccc(NC(=O)Nc2ccc(NS(C)(=O)=O)cc2)c1. The predicted octanol–water partition coefficient (Wildman–Crippen LogP) is 2.90. The molecular weight excluding hydrogens is 330 g/mol. The lowest BCUT2D eigenvalue weighted by Crippen LogP contribution is -2.19. The quantitative estimate of drug-likeness (QED) is 0.723. The van der Waals surface area contributed by atoms with Gasteiger partial charge in [-0.15, -0.1) is 0 Å². The first-order chi connectivity index (χ1) is 11.2. The number of hydrogen-bond donors (Lipinski definition) is 3. The van der Waals surface area contributed by atoms with Crippen LogP contribution < -0.4 is 15.4 Å². The lowest BCUT2D eigenvalue weighted by atomic mass is 10.1. The fourth-order valence-electron chi connectivity index (χ4n) is 1.95. The number of nitrogens with one attached hydrogen (secondary N) is 3. The minimum absolute atomic E-state index is 0.0898. The molecule has 2 aromatic carbocycles. The van der Waals surface area contributed by atoms with Gasteiger partial charge in [-0.1, -0.05) is 12.1 Å². The van der Waals surface area contributed by atoms with Gasteiger partial charge in [0.25, 0.3) is 0 Å². The molecule has 0 unspecified atom stereocenters. The van der Waals surface area contributed by atoms with Crippen molar-refractivity contribution in [1.29, 1.82) is 0 Å². The summed E-state index contributed by atoms with van der Waals surface area (Å²) in [5, 5.41) is 5.24. The number of benzene rings is 2. The van der Waals surface area contributed by atoms with E-state index in [2.05, 4.69) is 15.4 Å². The van der Waals surface area contributed by atoms with Crippen LogP contribution in [0.1, 0.15) is 17.3 Å². The number of carbonyl (C=O) groups is 2. The molecule has 0 aromatic heterocycles. The summed E-state index contributed by atoms with van der Waals surface area (Å²) in [5.74, 6) is -0.0898. The molecule has 3 N–H and O–H groups in total. The molecular formula is C16H17N3O4S. The second-order valence-electron chi connectivity index (χ2n) is 5.17. The highest BCUT2D eigenvalue weighted by Gasteiger charge is 2.06. The zero-order valence-electron chi connectivity index (χ0n) is 13.2. The zero-order valence-corrected chi connectivity index (χ0v) is 14.0. The van der Waals surface area contributed by atoms with E-state index in [9.17, 15) is 18.0 Å². The van der Waals surface area contributed by atoms with E-state index >= 15 is 0 Å². The molecule has 0 spiro atoms. The standard InChI is InChI=1S/C16H17N3O4S/c1-11(20)12-4-3-5-15(10-12)18-16(21)17-13-6-8-14(9-7-13)19-24(2,22)23/h3-10,19H,1-2H3,(H2,17,18,21). The van der Waals surface area contributed by atoms with Crippen LogP contribution in [-0.4, -0.2) is 26.5 Å². The summed E-state index contributed by atoms with van der Waals surface area (Å²) in [6.07, 6.45) is 1.06. The first kappa shape index (κ1) is 17.5. The summed E-state index contributed by atoms with van der Waals surface area (Å²) in [7, 11) is -3.34. The molecule has 0 aliphatic heterocycles. The summed E-state index contributed by atoms with van der Waals surface area (Å²) in [4.78, 5) is 23.3. The van der Waals surface area contributed by atoms with Crippen molar-refractivity contribution < 1.29 is 18.0 Å². The van der Waals surface area contributed by atoms with E-state index in [1.165, 1.54) is 19.1 Å². The molecule has 0 bridgehead atoms. The Morgan fingerprint density at radius 3 is 2.04 bits per heavy atom. The number of ketones is 1. The molecule has 7 nitrogen and oxygen atoms in total. The Bertz CT molecular complexity index is 861. The number of carbonyl (C=O) groups excluding carboxylic acids is 2. The van der Waals surface area contributed by atoms with Gasteiger partial charge in [0.2, 0.25) is 10.0 Å². The van der Waals surface area contributed by atoms with E-state index in [1.54, 1.807) is 36.4 Å². The Morgan fingerprint density at radius 2 is 1.46 bits per heavy atom. The number of anilines is 3. The van der Waals surface area contributed by atoms with Crippen LogP contribution in [0.2, 0.25) is 0 Å².